The fourth-order valence-corrected chi connectivity index (χ4v) is 13.4. The summed E-state index contributed by atoms with van der Waals surface area (Å²) in [7, 11) is 0. The number of fused-ring (bicyclic) bond motifs is 2. The number of H-pyrrole nitrogens is 1. The third-order valence-corrected chi connectivity index (χ3v) is 19.0. The summed E-state index contributed by atoms with van der Waals surface area (Å²) in [4.78, 5) is 237. The number of hydrogen-bond acceptors (Lipinski definition) is 20. The first-order chi connectivity index (χ1) is 52.9. The molecule has 24 N–H and O–H groups in total. The highest BCUT2D eigenvalue weighted by Gasteiger charge is 2.42. The highest BCUT2D eigenvalue weighted by molar-refractivity contribution is 7.99. The highest BCUT2D eigenvalue weighted by Crippen LogP contribution is 2.24. The lowest BCUT2D eigenvalue weighted by Crippen LogP contribution is -2.65. The molecule has 0 aliphatic carbocycles. The summed E-state index contributed by atoms with van der Waals surface area (Å²) in [6, 6.07) is 7.22. The average Bonchev–Trinajstić information content (AvgIpc) is 1.76. The Hall–Kier alpha value is -12.2. The molecule has 1 aliphatic rings. The number of aromatic amines is 1. The van der Waals surface area contributed by atoms with E-state index in [1.807, 2.05) is 6.07 Å². The molecule has 1 aromatic heterocycles. The van der Waals surface area contributed by atoms with E-state index in [4.69, 9.17) is 22.9 Å². The number of phenols is 1. The van der Waals surface area contributed by atoms with E-state index in [2.05, 4.69) is 68.8 Å². The Labute approximate surface area is 647 Å². The van der Waals surface area contributed by atoms with Gasteiger partial charge in [-0.25, -0.2) is 0 Å². The number of nitrogens with one attached hydrogen (secondary N) is 13. The summed E-state index contributed by atoms with van der Waals surface area (Å²) in [5.41, 5.74) is 21.3. The van der Waals surface area contributed by atoms with E-state index in [1.165, 1.54) is 31.2 Å². The van der Waals surface area contributed by atoms with Gasteiger partial charge in [-0.3, -0.25) is 81.5 Å². The Kier molecular flexibility index (Phi) is 33.3. The second-order valence-electron chi connectivity index (χ2n) is 27.8. The van der Waals surface area contributed by atoms with Crippen molar-refractivity contribution in [3.63, 3.8) is 0 Å². The van der Waals surface area contributed by atoms with Crippen LogP contribution >= 0.6 is 11.8 Å². The van der Waals surface area contributed by atoms with Gasteiger partial charge in [0.1, 0.15) is 71.7 Å². The maximum atomic E-state index is 15.5. The third-order valence-electron chi connectivity index (χ3n) is 17.9. The molecule has 604 valence electrons. The molecule has 0 bridgehead atoms. The Morgan fingerprint density at radius 1 is 0.598 bits per heavy atom. The topological polar surface area (TPSA) is 615 Å². The van der Waals surface area contributed by atoms with Crippen molar-refractivity contribution in [3.05, 3.63) is 114 Å². The quantitative estimate of drug-likeness (QED) is 0.0188. The zero-order valence-corrected chi connectivity index (χ0v) is 63.1. The van der Waals surface area contributed by atoms with Gasteiger partial charge in [0.25, 0.3) is 0 Å². The summed E-state index contributed by atoms with van der Waals surface area (Å²) >= 11 is 0.906. The number of carbonyl (C=O) groups excluding carboxylic acids is 16. The van der Waals surface area contributed by atoms with Crippen LogP contribution in [-0.2, 0) is 101 Å². The number of aliphatic hydroxyl groups excluding tert-OH is 1. The van der Waals surface area contributed by atoms with Crippen LogP contribution in [0, 0.1) is 5.92 Å². The first kappa shape index (κ1) is 88.7. The Balaban J connectivity index is 1.43. The van der Waals surface area contributed by atoms with Gasteiger partial charge in [-0.2, -0.15) is 11.8 Å². The van der Waals surface area contributed by atoms with Crippen molar-refractivity contribution in [3.8, 4) is 5.75 Å². The molecule has 1 saturated heterocycles. The molecule has 1 fully saturated rings. The van der Waals surface area contributed by atoms with Crippen molar-refractivity contribution in [2.45, 2.75) is 184 Å². The average molecular weight is 1580 g/mol. The number of hydrogen-bond donors (Lipinski definition) is 20. The molecule has 4 aromatic carbocycles. The number of benzene rings is 4. The number of carboxylic acid groups (broad SMARTS) is 1. The molecule has 0 radical (unpaired) electrons. The number of carbonyl (C=O) groups is 17. The number of aliphatic hydroxyl groups is 1. The molecule has 16 amide bonds. The van der Waals surface area contributed by atoms with Gasteiger partial charge in [0.05, 0.1) is 19.1 Å². The van der Waals surface area contributed by atoms with Crippen LogP contribution in [0.15, 0.2) is 97.2 Å². The van der Waals surface area contributed by atoms with Gasteiger partial charge in [0.2, 0.25) is 94.5 Å². The molecule has 0 unspecified atom stereocenters. The normalized spacial score (nSPS) is 19.3. The van der Waals surface area contributed by atoms with Crippen LogP contribution in [0.3, 0.4) is 0 Å². The van der Waals surface area contributed by atoms with Crippen LogP contribution in [0.4, 0.5) is 0 Å². The first-order valence-corrected chi connectivity index (χ1v) is 37.1. The summed E-state index contributed by atoms with van der Waals surface area (Å²) in [6.45, 7) is 6.14. The minimum absolute atomic E-state index is 0.152. The highest BCUT2D eigenvalue weighted by atomic mass is 32.2. The second-order valence-corrected chi connectivity index (χ2v) is 29.0. The van der Waals surface area contributed by atoms with Crippen LogP contribution in [0.1, 0.15) is 109 Å². The van der Waals surface area contributed by atoms with Crippen LogP contribution < -0.4 is 86.7 Å². The van der Waals surface area contributed by atoms with E-state index in [0.29, 0.717) is 33.0 Å². The molecule has 12 atom stereocenters. The van der Waals surface area contributed by atoms with E-state index in [-0.39, 0.29) is 37.2 Å². The minimum atomic E-state index is -2.07. The zero-order valence-electron chi connectivity index (χ0n) is 62.3. The van der Waals surface area contributed by atoms with Crippen LogP contribution in [-0.4, -0.2) is 211 Å². The largest absolute Gasteiger partial charge is 0.508 e. The number of para-hydroxylation sites is 1. The van der Waals surface area contributed by atoms with Gasteiger partial charge in [-0.05, 0) is 103 Å². The molecule has 6 rings (SSSR count). The van der Waals surface area contributed by atoms with Gasteiger partial charge in [-0.15, -0.1) is 0 Å². The van der Waals surface area contributed by atoms with Crippen molar-refractivity contribution in [1.29, 1.82) is 0 Å². The number of aliphatic carboxylic acids is 1. The second kappa shape index (κ2) is 42.1. The number of aromatic nitrogens is 1. The molecule has 112 heavy (non-hydrogen) atoms. The van der Waals surface area contributed by atoms with Gasteiger partial charge in [0.15, 0.2) is 0 Å². The lowest BCUT2D eigenvalue weighted by molar-refractivity contribution is -0.140. The SMILES string of the molecule is CC(=O)N[C@H]1CCSC[C@@H](C(=O)N[C@@H](Cc2ccc(O)cc2)C(=O)N[C@@H](Cc2ccc3ccccc3c2)C(=O)N[C@@](C)(CC(C)C)C(=O)N[C@@H](CCC(=O)O)C(=O)N[C@@H](CC(N)=O)C(=O)NCC(N)=O)NC(=O)[C@H](CCC(N)=O)NC(=O)[C@H](Cc2c[nH]c3ccccc23)NC(=O)[C@H]([C@@H](C)O)NC(=O)[C@H](CCC(N)=O)NC1=O. The van der Waals surface area contributed by atoms with Crippen molar-refractivity contribution in [2.75, 3.05) is 18.1 Å². The molecule has 1 aliphatic heterocycles. The molecule has 5 aromatic rings. The van der Waals surface area contributed by atoms with Gasteiger partial charge >= 0.3 is 5.97 Å². The predicted molar refractivity (Wildman–Crippen MR) is 406 cm³/mol. The number of aromatic hydroxyl groups is 1. The number of nitrogens with two attached hydrogens (primary N) is 4. The number of rotatable bonds is 34. The van der Waals surface area contributed by atoms with Crippen LogP contribution in [0.5, 0.6) is 5.75 Å². The lowest BCUT2D eigenvalue weighted by Gasteiger charge is -2.35. The minimum Gasteiger partial charge on any atom is -0.508 e. The summed E-state index contributed by atoms with van der Waals surface area (Å²) < 4.78 is 0. The molecule has 0 saturated carbocycles. The fraction of sp³-hybridized carbons (Fsp3) is 0.446. The summed E-state index contributed by atoms with van der Waals surface area (Å²) in [5, 5.41) is 63.3. The maximum Gasteiger partial charge on any atom is 0.303 e. The smallest absolute Gasteiger partial charge is 0.303 e. The Morgan fingerprint density at radius 3 is 1.79 bits per heavy atom. The molecule has 38 heteroatoms. The zero-order chi connectivity index (χ0) is 82.7. The third kappa shape index (κ3) is 28.0. The first-order valence-electron chi connectivity index (χ1n) is 35.9. The summed E-state index contributed by atoms with van der Waals surface area (Å²) in [5.74, 6) is -19.5. The molecule has 0 spiro atoms. The van der Waals surface area contributed by atoms with E-state index < -0.39 is 242 Å². The maximum absolute atomic E-state index is 15.5. The predicted octanol–water partition coefficient (Wildman–Crippen LogP) is -3.77. The standard InChI is InChI=1S/C74H97N17O20S/c1-37(2)33-74(5,73(111)89-50(22-25-61(99)100)65(103)86-55(32-59(77)97)63(101)80-35-60(78)98)91-71(109)53(30-41-14-17-42-10-6-7-11-43(42)28-41)85-68(106)52(29-40-15-18-45(94)19-16-40)84-70(108)56-36-112-27-26-51(81-39(4)93)66(104)82-49(21-24-58(76)96)67(105)90-62(38(3)92)72(110)87-54(31-44-34-79-47-13-9-8-12-46(44)47)69(107)83-48(64(102)88-56)20-23-57(75)95/h6-19,28,34,37-38,48-56,62,79,92,94H,20-27,29-33,35-36H2,1-5H3,(H2,75,95)(H2,76,96)(H2,77,97)(H2,78,98)(H,80,101)(H,81,93)(H,82,104)(H,83,107)(H,84,108)(H,85,106)(H,86,103)(H,87,110)(H,88,102)(H,89,111)(H,90,105)(H,91,109)(H,99,100)/t38-,48+,49+,50+,51+,52+,53+,54+,55+,56+,62+,74+/m1/s1. The lowest BCUT2D eigenvalue weighted by atomic mass is 9.88. The van der Waals surface area contributed by atoms with Crippen molar-refractivity contribution in [1.82, 2.24) is 68.8 Å². The number of thioether (sulfide) groups is 1. The monoisotopic (exact) mass is 1580 g/mol. The number of phenolic OH excluding ortho intramolecular Hbond substituents is 1. The number of primary amides is 4. The number of carboxylic acids is 1. The molecule has 2 heterocycles. The molecule has 37 nitrogen and oxygen atoms in total. The van der Waals surface area contributed by atoms with E-state index in [9.17, 15) is 77.6 Å². The van der Waals surface area contributed by atoms with E-state index >= 15 is 19.2 Å². The summed E-state index contributed by atoms with van der Waals surface area (Å²) in [6.07, 6.45) is -6.06. The van der Waals surface area contributed by atoms with E-state index in [0.717, 1.165) is 31.0 Å². The molecular formula is C74H97N17O20S. The van der Waals surface area contributed by atoms with Gasteiger partial charge < -0.3 is 107 Å². The van der Waals surface area contributed by atoms with Crippen LogP contribution in [0.2, 0.25) is 0 Å². The van der Waals surface area contributed by atoms with Crippen molar-refractivity contribution < 1.29 is 96.8 Å². The fourth-order valence-electron chi connectivity index (χ4n) is 12.3. The van der Waals surface area contributed by atoms with Crippen molar-refractivity contribution >= 4 is 134 Å². The van der Waals surface area contributed by atoms with E-state index in [1.54, 1.807) is 80.7 Å². The Morgan fingerprint density at radius 2 is 1.17 bits per heavy atom. The number of amides is 16. The molecular weight excluding hydrogens is 1480 g/mol. The van der Waals surface area contributed by atoms with Gasteiger partial charge in [0, 0.05) is 68.3 Å². The van der Waals surface area contributed by atoms with Crippen LogP contribution in [0.25, 0.3) is 21.7 Å². The van der Waals surface area contributed by atoms with Crippen molar-refractivity contribution in [2.24, 2.45) is 28.9 Å². The van der Waals surface area contributed by atoms with Gasteiger partial charge in [-0.1, -0.05) is 86.6 Å². The Bertz CT molecular complexity index is 4310.